The number of amides is 1. The number of carboxylic acid groups (broad SMARTS) is 1. The molecule has 0 spiro atoms. The first-order valence-corrected chi connectivity index (χ1v) is 8.96. The van der Waals surface area contributed by atoms with Crippen molar-refractivity contribution in [1.82, 2.24) is 5.32 Å². The molecule has 0 radical (unpaired) electrons. The van der Waals surface area contributed by atoms with Gasteiger partial charge in [0.15, 0.2) is 0 Å². The Bertz CT molecular complexity index is 791. The van der Waals surface area contributed by atoms with Gasteiger partial charge in [-0.1, -0.05) is 72.8 Å². The monoisotopic (exact) mass is 347 g/mol. The summed E-state index contributed by atoms with van der Waals surface area (Å²) in [5, 5.41) is 12.7. The molecule has 1 amide bonds. The van der Waals surface area contributed by atoms with Gasteiger partial charge in [0.1, 0.15) is 0 Å². The van der Waals surface area contributed by atoms with Crippen LogP contribution in [0.2, 0.25) is 0 Å². The Kier molecular flexibility index (Phi) is 4.33. The molecule has 4 heteroatoms. The number of fused-ring (bicyclic) bond motifs is 2. The minimum atomic E-state index is -0.877. The van der Waals surface area contributed by atoms with Gasteiger partial charge in [-0.3, -0.25) is 9.59 Å². The lowest BCUT2D eigenvalue weighted by Gasteiger charge is -2.27. The molecule has 0 aromatic heterocycles. The zero-order chi connectivity index (χ0) is 18.1. The van der Waals surface area contributed by atoms with E-state index in [0.717, 1.165) is 17.5 Å². The highest BCUT2D eigenvalue weighted by Gasteiger charge is 2.51. The third-order valence-corrected chi connectivity index (χ3v) is 5.60. The minimum Gasteiger partial charge on any atom is -0.481 e. The van der Waals surface area contributed by atoms with Crippen molar-refractivity contribution < 1.29 is 14.7 Å². The average molecular weight is 347 g/mol. The molecule has 0 heterocycles. The number of rotatable bonds is 5. The summed E-state index contributed by atoms with van der Waals surface area (Å²) in [6.07, 6.45) is 4.73. The molecule has 0 unspecified atom stereocenters. The molecule has 2 bridgehead atoms. The number of hydrogen-bond acceptors (Lipinski definition) is 2. The Morgan fingerprint density at radius 1 is 0.846 bits per heavy atom. The summed E-state index contributed by atoms with van der Waals surface area (Å²) in [5.41, 5.74) is 1.97. The van der Waals surface area contributed by atoms with Crippen molar-refractivity contribution in [1.29, 1.82) is 0 Å². The smallest absolute Gasteiger partial charge is 0.307 e. The number of aliphatic carboxylic acids is 1. The maximum Gasteiger partial charge on any atom is 0.307 e. The Morgan fingerprint density at radius 3 is 1.85 bits per heavy atom. The predicted molar refractivity (Wildman–Crippen MR) is 98.2 cm³/mol. The molecule has 2 aliphatic rings. The summed E-state index contributed by atoms with van der Waals surface area (Å²) in [6.45, 7) is 0. The van der Waals surface area contributed by atoms with Crippen molar-refractivity contribution in [2.75, 3.05) is 0 Å². The maximum atomic E-state index is 13.1. The summed E-state index contributed by atoms with van der Waals surface area (Å²) in [5.74, 6) is -2.19. The van der Waals surface area contributed by atoms with Crippen LogP contribution in [-0.4, -0.2) is 17.0 Å². The quantitative estimate of drug-likeness (QED) is 0.815. The van der Waals surface area contributed by atoms with Gasteiger partial charge in [0, 0.05) is 0 Å². The Balaban J connectivity index is 1.63. The molecule has 1 fully saturated rings. The van der Waals surface area contributed by atoms with Crippen LogP contribution in [-0.2, 0) is 9.59 Å². The molecule has 0 aliphatic heterocycles. The van der Waals surface area contributed by atoms with Gasteiger partial charge in [-0.05, 0) is 29.4 Å². The van der Waals surface area contributed by atoms with Gasteiger partial charge in [-0.2, -0.15) is 0 Å². The van der Waals surface area contributed by atoms with Gasteiger partial charge in [-0.15, -0.1) is 0 Å². The van der Waals surface area contributed by atoms with E-state index in [9.17, 15) is 14.7 Å². The number of allylic oxidation sites excluding steroid dienone is 2. The van der Waals surface area contributed by atoms with E-state index in [2.05, 4.69) is 5.32 Å². The zero-order valence-corrected chi connectivity index (χ0v) is 14.3. The molecular weight excluding hydrogens is 326 g/mol. The summed E-state index contributed by atoms with van der Waals surface area (Å²) < 4.78 is 0. The second-order valence-corrected chi connectivity index (χ2v) is 7.10. The van der Waals surface area contributed by atoms with Crippen LogP contribution in [0.15, 0.2) is 72.8 Å². The van der Waals surface area contributed by atoms with Crippen LogP contribution in [0.3, 0.4) is 0 Å². The Morgan fingerprint density at radius 2 is 1.35 bits per heavy atom. The van der Waals surface area contributed by atoms with E-state index in [1.54, 1.807) is 0 Å². The number of carbonyl (C=O) groups is 2. The van der Waals surface area contributed by atoms with E-state index in [0.29, 0.717) is 0 Å². The fraction of sp³-hybridized carbons (Fsp3) is 0.273. The highest BCUT2D eigenvalue weighted by Crippen LogP contribution is 2.48. The lowest BCUT2D eigenvalue weighted by molar-refractivity contribution is -0.147. The van der Waals surface area contributed by atoms with Crippen molar-refractivity contribution in [3.8, 4) is 0 Å². The summed E-state index contributed by atoms with van der Waals surface area (Å²) in [6, 6.07) is 19.3. The van der Waals surface area contributed by atoms with E-state index in [1.165, 1.54) is 0 Å². The first-order chi connectivity index (χ1) is 12.6. The zero-order valence-electron chi connectivity index (χ0n) is 14.3. The molecule has 26 heavy (non-hydrogen) atoms. The summed E-state index contributed by atoms with van der Waals surface area (Å²) in [7, 11) is 0. The summed E-state index contributed by atoms with van der Waals surface area (Å²) >= 11 is 0. The summed E-state index contributed by atoms with van der Waals surface area (Å²) in [4.78, 5) is 24.8. The van der Waals surface area contributed by atoms with Crippen LogP contribution < -0.4 is 5.32 Å². The third kappa shape index (κ3) is 2.92. The van der Waals surface area contributed by atoms with Crippen LogP contribution in [0.5, 0.6) is 0 Å². The van der Waals surface area contributed by atoms with E-state index in [4.69, 9.17) is 0 Å². The van der Waals surface area contributed by atoms with Crippen molar-refractivity contribution in [2.45, 2.75) is 12.5 Å². The molecule has 0 saturated heterocycles. The highest BCUT2D eigenvalue weighted by atomic mass is 16.4. The SMILES string of the molecule is O=C(NC(c1ccccc1)c1ccccc1)[C@@H]1[C@@H](C(=O)O)[C@H]2C=C[C@@H]1C2. The average Bonchev–Trinajstić information content (AvgIpc) is 3.29. The second kappa shape index (κ2) is 6.79. The molecule has 4 nitrogen and oxygen atoms in total. The van der Waals surface area contributed by atoms with Crippen molar-refractivity contribution in [3.63, 3.8) is 0 Å². The Labute approximate surface area is 152 Å². The predicted octanol–water partition coefficient (Wildman–Crippen LogP) is 3.42. The standard InChI is InChI=1S/C22H21NO3/c24-21(18-16-11-12-17(13-16)19(18)22(25)26)23-20(14-7-3-1-4-8-14)15-9-5-2-6-10-15/h1-12,16-20H,13H2,(H,23,24)(H,25,26)/t16-,17+,18+,19+/m1/s1. The van der Waals surface area contributed by atoms with Crippen molar-refractivity contribution >= 4 is 11.9 Å². The Hall–Kier alpha value is -2.88. The van der Waals surface area contributed by atoms with E-state index in [1.807, 2.05) is 72.8 Å². The van der Waals surface area contributed by atoms with Crippen LogP contribution in [0.25, 0.3) is 0 Å². The number of carboxylic acids is 1. The van der Waals surface area contributed by atoms with E-state index in [-0.39, 0.29) is 23.8 Å². The van der Waals surface area contributed by atoms with Gasteiger partial charge in [0.05, 0.1) is 17.9 Å². The van der Waals surface area contributed by atoms with Gasteiger partial charge >= 0.3 is 5.97 Å². The van der Waals surface area contributed by atoms with E-state index < -0.39 is 17.8 Å². The molecule has 4 rings (SSSR count). The largest absolute Gasteiger partial charge is 0.481 e. The first-order valence-electron chi connectivity index (χ1n) is 8.96. The molecule has 1 saturated carbocycles. The normalized spacial score (nSPS) is 26.2. The molecule has 2 aromatic carbocycles. The van der Waals surface area contributed by atoms with Crippen molar-refractivity contribution in [2.24, 2.45) is 23.7 Å². The maximum absolute atomic E-state index is 13.1. The molecule has 2 aromatic rings. The molecular formula is C22H21NO3. The lowest BCUT2D eigenvalue weighted by Crippen LogP contribution is -2.41. The van der Waals surface area contributed by atoms with Crippen molar-refractivity contribution in [3.05, 3.63) is 83.9 Å². The van der Waals surface area contributed by atoms with Crippen LogP contribution in [0.1, 0.15) is 23.6 Å². The minimum absolute atomic E-state index is 0.0216. The fourth-order valence-electron chi connectivity index (χ4n) is 4.40. The number of carbonyl (C=O) groups excluding carboxylic acids is 1. The van der Waals surface area contributed by atoms with Crippen LogP contribution >= 0.6 is 0 Å². The number of nitrogens with one attached hydrogen (secondary N) is 1. The first kappa shape index (κ1) is 16.6. The van der Waals surface area contributed by atoms with Gasteiger partial charge in [0.25, 0.3) is 0 Å². The third-order valence-electron chi connectivity index (χ3n) is 5.60. The molecule has 4 atom stereocenters. The second-order valence-electron chi connectivity index (χ2n) is 7.10. The van der Waals surface area contributed by atoms with Gasteiger partial charge < -0.3 is 10.4 Å². The number of benzene rings is 2. The number of hydrogen-bond donors (Lipinski definition) is 2. The molecule has 132 valence electrons. The van der Waals surface area contributed by atoms with Gasteiger partial charge in [0.2, 0.25) is 5.91 Å². The van der Waals surface area contributed by atoms with Crippen LogP contribution in [0, 0.1) is 23.7 Å². The van der Waals surface area contributed by atoms with Crippen LogP contribution in [0.4, 0.5) is 0 Å². The fourth-order valence-corrected chi connectivity index (χ4v) is 4.40. The van der Waals surface area contributed by atoms with Gasteiger partial charge in [-0.25, -0.2) is 0 Å². The lowest BCUT2D eigenvalue weighted by atomic mass is 9.82. The highest BCUT2D eigenvalue weighted by molar-refractivity contribution is 5.87. The topological polar surface area (TPSA) is 66.4 Å². The molecule has 2 aliphatic carbocycles. The molecule has 2 N–H and O–H groups in total. The van der Waals surface area contributed by atoms with E-state index >= 15 is 0 Å².